The Morgan fingerprint density at radius 1 is 1.12 bits per heavy atom. The normalized spacial score (nSPS) is 40.2. The summed E-state index contributed by atoms with van der Waals surface area (Å²) in [6.45, 7) is 8.78. The molecular formula is C15H27NO. The lowest BCUT2D eigenvalue weighted by Crippen LogP contribution is -2.47. The Labute approximate surface area is 106 Å². The zero-order chi connectivity index (χ0) is 12.4. The number of carbonyl (C=O) groups excluding carboxylic acids is 1. The SMILES string of the molecule is CC(=O)C1CCCN(C2CC(C)CC(C)C2)C1. The van der Waals surface area contributed by atoms with Gasteiger partial charge in [-0.1, -0.05) is 13.8 Å². The topological polar surface area (TPSA) is 20.3 Å². The van der Waals surface area contributed by atoms with Gasteiger partial charge in [-0.3, -0.25) is 9.69 Å². The molecule has 2 nitrogen and oxygen atoms in total. The van der Waals surface area contributed by atoms with Gasteiger partial charge in [-0.05, 0) is 57.4 Å². The Bertz CT molecular complexity index is 266. The van der Waals surface area contributed by atoms with Crippen LogP contribution in [-0.4, -0.2) is 29.8 Å². The lowest BCUT2D eigenvalue weighted by Gasteiger charge is -2.42. The van der Waals surface area contributed by atoms with Gasteiger partial charge in [0, 0.05) is 18.5 Å². The smallest absolute Gasteiger partial charge is 0.134 e. The molecule has 2 rings (SSSR count). The molecule has 17 heavy (non-hydrogen) atoms. The Kier molecular flexibility index (Phi) is 4.24. The van der Waals surface area contributed by atoms with Crippen LogP contribution < -0.4 is 0 Å². The van der Waals surface area contributed by atoms with Crippen LogP contribution in [-0.2, 0) is 4.79 Å². The largest absolute Gasteiger partial charge is 0.300 e. The number of nitrogens with zero attached hydrogens (tertiary/aromatic N) is 1. The van der Waals surface area contributed by atoms with Gasteiger partial charge in [0.25, 0.3) is 0 Å². The van der Waals surface area contributed by atoms with Crippen molar-refractivity contribution in [3.05, 3.63) is 0 Å². The minimum absolute atomic E-state index is 0.316. The molecule has 0 amide bonds. The van der Waals surface area contributed by atoms with Crippen molar-refractivity contribution in [2.75, 3.05) is 13.1 Å². The first-order valence-corrected chi connectivity index (χ1v) is 7.30. The van der Waals surface area contributed by atoms with Crippen LogP contribution in [0.2, 0.25) is 0 Å². The molecule has 3 unspecified atom stereocenters. The van der Waals surface area contributed by atoms with Gasteiger partial charge in [0.15, 0.2) is 0 Å². The second-order valence-electron chi connectivity index (χ2n) is 6.52. The zero-order valence-corrected chi connectivity index (χ0v) is 11.6. The molecule has 1 aliphatic carbocycles. The molecule has 0 N–H and O–H groups in total. The molecular weight excluding hydrogens is 210 g/mol. The number of Topliss-reactive ketones (excluding diaryl/α,β-unsaturated/α-hetero) is 1. The van der Waals surface area contributed by atoms with Crippen LogP contribution >= 0.6 is 0 Å². The monoisotopic (exact) mass is 237 g/mol. The van der Waals surface area contributed by atoms with Crippen LogP contribution in [0.5, 0.6) is 0 Å². The Morgan fingerprint density at radius 3 is 2.35 bits per heavy atom. The highest BCUT2D eigenvalue weighted by Gasteiger charge is 2.32. The average molecular weight is 237 g/mol. The number of hydrogen-bond acceptors (Lipinski definition) is 2. The maximum absolute atomic E-state index is 11.5. The number of piperidine rings is 1. The minimum atomic E-state index is 0.316. The third kappa shape index (κ3) is 3.31. The predicted octanol–water partition coefficient (Wildman–Crippen LogP) is 3.11. The van der Waals surface area contributed by atoms with Crippen LogP contribution in [0.4, 0.5) is 0 Å². The van der Waals surface area contributed by atoms with E-state index in [1.807, 2.05) is 0 Å². The van der Waals surface area contributed by atoms with Gasteiger partial charge >= 0.3 is 0 Å². The Hall–Kier alpha value is -0.370. The molecule has 2 heteroatoms. The molecule has 0 aromatic rings. The van der Waals surface area contributed by atoms with Crippen molar-refractivity contribution in [3.8, 4) is 0 Å². The summed E-state index contributed by atoms with van der Waals surface area (Å²) in [4.78, 5) is 14.1. The van der Waals surface area contributed by atoms with Crippen LogP contribution in [0.25, 0.3) is 0 Å². The van der Waals surface area contributed by atoms with E-state index >= 15 is 0 Å². The maximum atomic E-state index is 11.5. The molecule has 0 aromatic heterocycles. The van der Waals surface area contributed by atoms with E-state index in [0.717, 1.165) is 30.8 Å². The fourth-order valence-electron chi connectivity index (χ4n) is 3.87. The van der Waals surface area contributed by atoms with Gasteiger partial charge in [0.05, 0.1) is 0 Å². The lowest BCUT2D eigenvalue weighted by molar-refractivity contribution is -0.122. The molecule has 1 saturated carbocycles. The summed E-state index contributed by atoms with van der Waals surface area (Å²) >= 11 is 0. The molecule has 1 saturated heterocycles. The third-order valence-corrected chi connectivity index (χ3v) is 4.70. The number of carbonyl (C=O) groups is 1. The molecule has 98 valence electrons. The van der Waals surface area contributed by atoms with Crippen LogP contribution in [0.15, 0.2) is 0 Å². The molecule has 1 aliphatic heterocycles. The van der Waals surface area contributed by atoms with Crippen molar-refractivity contribution in [3.63, 3.8) is 0 Å². The zero-order valence-electron chi connectivity index (χ0n) is 11.6. The van der Waals surface area contributed by atoms with E-state index in [-0.39, 0.29) is 0 Å². The van der Waals surface area contributed by atoms with Crippen molar-refractivity contribution in [1.29, 1.82) is 0 Å². The molecule has 0 radical (unpaired) electrons. The van der Waals surface area contributed by atoms with Crippen molar-refractivity contribution >= 4 is 5.78 Å². The summed E-state index contributed by atoms with van der Waals surface area (Å²) in [6.07, 6.45) is 6.40. The second kappa shape index (κ2) is 5.51. The fourth-order valence-corrected chi connectivity index (χ4v) is 3.87. The summed E-state index contributed by atoms with van der Waals surface area (Å²) in [7, 11) is 0. The first-order valence-electron chi connectivity index (χ1n) is 7.30. The van der Waals surface area contributed by atoms with Gasteiger partial charge in [0.1, 0.15) is 5.78 Å². The molecule has 0 spiro atoms. The summed E-state index contributed by atoms with van der Waals surface area (Å²) in [5.74, 6) is 2.44. The quantitative estimate of drug-likeness (QED) is 0.735. The number of likely N-dealkylation sites (tertiary alicyclic amines) is 1. The summed E-state index contributed by atoms with van der Waals surface area (Å²) in [5, 5.41) is 0. The highest BCUT2D eigenvalue weighted by molar-refractivity contribution is 5.78. The Morgan fingerprint density at radius 2 is 1.76 bits per heavy atom. The predicted molar refractivity (Wildman–Crippen MR) is 70.9 cm³/mol. The highest BCUT2D eigenvalue weighted by Crippen LogP contribution is 2.33. The maximum Gasteiger partial charge on any atom is 0.134 e. The number of hydrogen-bond donors (Lipinski definition) is 0. The second-order valence-corrected chi connectivity index (χ2v) is 6.52. The molecule has 0 aromatic carbocycles. The van der Waals surface area contributed by atoms with E-state index in [1.165, 1.54) is 32.2 Å². The third-order valence-electron chi connectivity index (χ3n) is 4.70. The van der Waals surface area contributed by atoms with Crippen molar-refractivity contribution in [2.24, 2.45) is 17.8 Å². The van der Waals surface area contributed by atoms with E-state index in [2.05, 4.69) is 18.7 Å². The highest BCUT2D eigenvalue weighted by atomic mass is 16.1. The summed E-state index contributed by atoms with van der Waals surface area (Å²) < 4.78 is 0. The van der Waals surface area contributed by atoms with Gasteiger partial charge < -0.3 is 0 Å². The molecule has 2 aliphatic rings. The number of rotatable bonds is 2. The van der Waals surface area contributed by atoms with Crippen molar-refractivity contribution in [1.82, 2.24) is 4.90 Å². The number of ketones is 1. The van der Waals surface area contributed by atoms with Gasteiger partial charge in [-0.2, -0.15) is 0 Å². The molecule has 2 fully saturated rings. The van der Waals surface area contributed by atoms with E-state index in [0.29, 0.717) is 11.7 Å². The van der Waals surface area contributed by atoms with Crippen molar-refractivity contribution < 1.29 is 4.79 Å². The van der Waals surface area contributed by atoms with Gasteiger partial charge in [-0.15, -0.1) is 0 Å². The standard InChI is InChI=1S/C15H27NO/c1-11-7-12(2)9-15(8-11)16-6-4-5-14(10-16)13(3)17/h11-12,14-15H,4-10H2,1-3H3. The van der Waals surface area contributed by atoms with Gasteiger partial charge in [-0.25, -0.2) is 0 Å². The molecule has 1 heterocycles. The minimum Gasteiger partial charge on any atom is -0.300 e. The van der Waals surface area contributed by atoms with Crippen molar-refractivity contribution in [2.45, 2.75) is 58.9 Å². The first-order chi connectivity index (χ1) is 8.06. The molecule has 3 atom stereocenters. The summed E-state index contributed by atoms with van der Waals surface area (Å²) in [6, 6.07) is 0.746. The van der Waals surface area contributed by atoms with Crippen LogP contribution in [0, 0.1) is 17.8 Å². The summed E-state index contributed by atoms with van der Waals surface area (Å²) in [5.41, 5.74) is 0. The fraction of sp³-hybridized carbons (Fsp3) is 0.933. The van der Waals surface area contributed by atoms with E-state index in [4.69, 9.17) is 0 Å². The molecule has 0 bridgehead atoms. The van der Waals surface area contributed by atoms with Gasteiger partial charge in [0.2, 0.25) is 0 Å². The first kappa shape index (κ1) is 13.1. The van der Waals surface area contributed by atoms with Crippen LogP contribution in [0.1, 0.15) is 52.9 Å². The Balaban J connectivity index is 1.94. The van der Waals surface area contributed by atoms with E-state index in [9.17, 15) is 4.79 Å². The average Bonchev–Trinajstić information content (AvgIpc) is 2.28. The van der Waals surface area contributed by atoms with E-state index < -0.39 is 0 Å². The van der Waals surface area contributed by atoms with Crippen LogP contribution in [0.3, 0.4) is 0 Å². The lowest BCUT2D eigenvalue weighted by atomic mass is 9.79. The van der Waals surface area contributed by atoms with E-state index in [1.54, 1.807) is 6.92 Å².